The van der Waals surface area contributed by atoms with E-state index in [4.69, 9.17) is 9.47 Å². The van der Waals surface area contributed by atoms with Crippen LogP contribution in [0.2, 0.25) is 0 Å². The van der Waals surface area contributed by atoms with E-state index in [2.05, 4.69) is 25.0 Å². The molecule has 8 nitrogen and oxygen atoms in total. The van der Waals surface area contributed by atoms with Gasteiger partial charge >= 0.3 is 6.09 Å². The van der Waals surface area contributed by atoms with Gasteiger partial charge in [-0.2, -0.15) is 0 Å². The van der Waals surface area contributed by atoms with E-state index in [1.165, 1.54) is 7.11 Å². The van der Waals surface area contributed by atoms with Gasteiger partial charge < -0.3 is 19.2 Å². The van der Waals surface area contributed by atoms with Crippen molar-refractivity contribution >= 4 is 23.2 Å². The zero-order valence-corrected chi connectivity index (χ0v) is 12.5. The van der Waals surface area contributed by atoms with E-state index in [9.17, 15) is 4.79 Å². The molecule has 0 unspecified atom stereocenters. The smallest absolute Gasteiger partial charge is 0.413 e. The van der Waals surface area contributed by atoms with E-state index in [1.807, 2.05) is 18.2 Å². The van der Waals surface area contributed by atoms with Gasteiger partial charge in [0.2, 0.25) is 5.95 Å². The number of nitrogens with one attached hydrogen (secondary N) is 2. The van der Waals surface area contributed by atoms with Crippen LogP contribution in [0.15, 0.2) is 36.5 Å². The van der Waals surface area contributed by atoms with Gasteiger partial charge in [0.15, 0.2) is 5.65 Å². The number of imidazole rings is 1. The minimum atomic E-state index is -0.614. The molecule has 0 aliphatic heterocycles. The van der Waals surface area contributed by atoms with Crippen molar-refractivity contribution in [1.29, 1.82) is 0 Å². The summed E-state index contributed by atoms with van der Waals surface area (Å²) in [5.74, 6) is 2.08. The summed E-state index contributed by atoms with van der Waals surface area (Å²) >= 11 is 0. The Balaban J connectivity index is 1.83. The largest absolute Gasteiger partial charge is 0.497 e. The Bertz CT molecular complexity index is 846. The maximum Gasteiger partial charge on any atom is 0.413 e. The number of pyridine rings is 1. The number of nitrogens with zero attached hydrogens (tertiary/aromatic N) is 2. The Labute approximate surface area is 131 Å². The number of rotatable bonds is 4. The highest BCUT2D eigenvalue weighted by molar-refractivity contribution is 5.85. The molecule has 1 amide bonds. The number of H-pyrrole nitrogens is 1. The van der Waals surface area contributed by atoms with Crippen molar-refractivity contribution in [3.05, 3.63) is 36.5 Å². The SMILES string of the molecule is COC(=O)Nc1nc2cc(Oc3cccc(OC)c3)cnc2[nH]1. The molecule has 8 heteroatoms. The van der Waals surface area contributed by atoms with Gasteiger partial charge in [0, 0.05) is 12.1 Å². The number of carbonyl (C=O) groups excluding carboxylic acids is 1. The molecular weight excluding hydrogens is 300 g/mol. The molecule has 118 valence electrons. The minimum Gasteiger partial charge on any atom is -0.497 e. The molecule has 2 heterocycles. The third kappa shape index (κ3) is 3.31. The number of carbonyl (C=O) groups is 1. The molecule has 3 aromatic rings. The zero-order chi connectivity index (χ0) is 16.2. The summed E-state index contributed by atoms with van der Waals surface area (Å²) in [6, 6.07) is 8.93. The number of hydrogen-bond donors (Lipinski definition) is 2. The number of amides is 1. The van der Waals surface area contributed by atoms with Crippen LogP contribution in [-0.2, 0) is 4.74 Å². The molecule has 0 atom stereocenters. The molecule has 0 aliphatic carbocycles. The van der Waals surface area contributed by atoms with Crippen molar-refractivity contribution < 1.29 is 19.0 Å². The molecule has 0 saturated carbocycles. The molecule has 3 rings (SSSR count). The summed E-state index contributed by atoms with van der Waals surface area (Å²) in [5.41, 5.74) is 1.08. The molecular formula is C15H14N4O4. The minimum absolute atomic E-state index is 0.248. The maximum atomic E-state index is 11.2. The average molecular weight is 314 g/mol. The second kappa shape index (κ2) is 6.22. The van der Waals surface area contributed by atoms with Crippen LogP contribution >= 0.6 is 0 Å². The average Bonchev–Trinajstić information content (AvgIpc) is 2.96. The van der Waals surface area contributed by atoms with Gasteiger partial charge in [-0.3, -0.25) is 5.32 Å². The van der Waals surface area contributed by atoms with Crippen LogP contribution < -0.4 is 14.8 Å². The van der Waals surface area contributed by atoms with E-state index in [0.29, 0.717) is 28.4 Å². The molecule has 0 saturated heterocycles. The van der Waals surface area contributed by atoms with E-state index in [1.54, 1.807) is 25.4 Å². The van der Waals surface area contributed by atoms with Crippen LogP contribution in [0.5, 0.6) is 17.2 Å². The maximum absolute atomic E-state index is 11.2. The van der Waals surface area contributed by atoms with Gasteiger partial charge in [-0.1, -0.05) is 6.07 Å². The highest BCUT2D eigenvalue weighted by atomic mass is 16.5. The lowest BCUT2D eigenvalue weighted by atomic mass is 10.3. The van der Waals surface area contributed by atoms with Gasteiger partial charge in [-0.05, 0) is 12.1 Å². The highest BCUT2D eigenvalue weighted by Gasteiger charge is 2.09. The fourth-order valence-corrected chi connectivity index (χ4v) is 1.94. The van der Waals surface area contributed by atoms with E-state index in [-0.39, 0.29) is 5.95 Å². The first-order chi connectivity index (χ1) is 11.2. The number of ether oxygens (including phenoxy) is 3. The molecule has 0 radical (unpaired) electrons. The molecule has 0 aliphatic rings. The fourth-order valence-electron chi connectivity index (χ4n) is 1.94. The first-order valence-corrected chi connectivity index (χ1v) is 6.70. The first kappa shape index (κ1) is 14.6. The van der Waals surface area contributed by atoms with Crippen LogP contribution in [0, 0.1) is 0 Å². The number of methoxy groups -OCH3 is 2. The van der Waals surface area contributed by atoms with Gasteiger partial charge in [0.05, 0.1) is 20.4 Å². The number of aromatic nitrogens is 3. The highest BCUT2D eigenvalue weighted by Crippen LogP contribution is 2.26. The molecule has 2 aromatic heterocycles. The molecule has 0 bridgehead atoms. The lowest BCUT2D eigenvalue weighted by molar-refractivity contribution is 0.186. The van der Waals surface area contributed by atoms with E-state index >= 15 is 0 Å². The second-order valence-electron chi connectivity index (χ2n) is 4.52. The van der Waals surface area contributed by atoms with Crippen molar-refractivity contribution in [2.45, 2.75) is 0 Å². The van der Waals surface area contributed by atoms with Crippen LogP contribution in [0.4, 0.5) is 10.7 Å². The van der Waals surface area contributed by atoms with Gasteiger partial charge in [-0.15, -0.1) is 0 Å². The van der Waals surface area contributed by atoms with Crippen LogP contribution in [0.3, 0.4) is 0 Å². The summed E-state index contributed by atoms with van der Waals surface area (Å²) in [6.07, 6.45) is 0.943. The molecule has 1 aromatic carbocycles. The monoisotopic (exact) mass is 314 g/mol. The second-order valence-corrected chi connectivity index (χ2v) is 4.52. The molecule has 23 heavy (non-hydrogen) atoms. The van der Waals surface area contributed by atoms with Crippen molar-refractivity contribution in [3.8, 4) is 17.2 Å². The van der Waals surface area contributed by atoms with E-state index in [0.717, 1.165) is 0 Å². The standard InChI is InChI=1S/C15H14N4O4/c1-21-9-4-3-5-10(6-9)23-11-7-12-13(16-8-11)18-14(17-12)19-15(20)22-2/h3-8H,1-2H3,(H2,16,17,18,19,20). The number of anilines is 1. The Kier molecular flexibility index (Phi) is 3.96. The van der Waals surface area contributed by atoms with Crippen molar-refractivity contribution in [2.75, 3.05) is 19.5 Å². The summed E-state index contributed by atoms with van der Waals surface area (Å²) in [5, 5.41) is 2.44. The first-order valence-electron chi connectivity index (χ1n) is 6.70. The normalized spacial score (nSPS) is 10.3. The summed E-state index contributed by atoms with van der Waals surface area (Å²) in [7, 11) is 2.86. The zero-order valence-electron chi connectivity index (χ0n) is 12.5. The fraction of sp³-hybridized carbons (Fsp3) is 0.133. The molecule has 0 spiro atoms. The summed E-state index contributed by atoms with van der Waals surface area (Å²) < 4.78 is 15.4. The summed E-state index contributed by atoms with van der Waals surface area (Å²) in [6.45, 7) is 0. The number of benzene rings is 1. The lowest BCUT2D eigenvalue weighted by Crippen LogP contribution is -2.11. The Morgan fingerprint density at radius 1 is 1.17 bits per heavy atom. The third-order valence-corrected chi connectivity index (χ3v) is 2.99. The summed E-state index contributed by atoms with van der Waals surface area (Å²) in [4.78, 5) is 22.4. The van der Waals surface area contributed by atoms with Gasteiger partial charge in [0.1, 0.15) is 22.8 Å². The van der Waals surface area contributed by atoms with Crippen molar-refractivity contribution in [3.63, 3.8) is 0 Å². The van der Waals surface area contributed by atoms with E-state index < -0.39 is 6.09 Å². The molecule has 0 fully saturated rings. The van der Waals surface area contributed by atoms with Gasteiger partial charge in [0.25, 0.3) is 0 Å². The van der Waals surface area contributed by atoms with Gasteiger partial charge in [-0.25, -0.2) is 14.8 Å². The Hall–Kier alpha value is -3.29. The van der Waals surface area contributed by atoms with Crippen LogP contribution in [0.1, 0.15) is 0 Å². The van der Waals surface area contributed by atoms with Crippen molar-refractivity contribution in [2.24, 2.45) is 0 Å². The Morgan fingerprint density at radius 3 is 2.78 bits per heavy atom. The quantitative estimate of drug-likeness (QED) is 0.768. The van der Waals surface area contributed by atoms with Crippen LogP contribution in [-0.4, -0.2) is 35.3 Å². The number of fused-ring (bicyclic) bond motifs is 1. The molecule has 2 N–H and O–H groups in total. The topological polar surface area (TPSA) is 98.4 Å². The van der Waals surface area contributed by atoms with Crippen molar-refractivity contribution in [1.82, 2.24) is 15.0 Å². The third-order valence-electron chi connectivity index (χ3n) is 2.99. The predicted octanol–water partition coefficient (Wildman–Crippen LogP) is 2.94. The number of hydrogen-bond acceptors (Lipinski definition) is 6. The Morgan fingerprint density at radius 2 is 2.00 bits per heavy atom. The lowest BCUT2D eigenvalue weighted by Gasteiger charge is -2.06. The number of aromatic amines is 1. The van der Waals surface area contributed by atoms with Crippen LogP contribution in [0.25, 0.3) is 11.2 Å². The predicted molar refractivity (Wildman–Crippen MR) is 83.0 cm³/mol.